The molecule has 0 fully saturated rings. The van der Waals surface area contributed by atoms with Gasteiger partial charge in [-0.25, -0.2) is 0 Å². The lowest BCUT2D eigenvalue weighted by Gasteiger charge is -2.14. The average molecular weight is 165 g/mol. The molecule has 0 spiro atoms. The van der Waals surface area contributed by atoms with Gasteiger partial charge in [0, 0.05) is 6.54 Å². The fourth-order valence-electron chi connectivity index (χ4n) is 0.737. The van der Waals surface area contributed by atoms with Crippen LogP contribution in [0.15, 0.2) is 0 Å². The van der Waals surface area contributed by atoms with E-state index >= 15 is 0 Å². The van der Waals surface area contributed by atoms with E-state index in [2.05, 4.69) is 23.7 Å². The molecule has 0 amide bonds. The van der Waals surface area contributed by atoms with Crippen LogP contribution in [0.5, 0.6) is 0 Å². The van der Waals surface area contributed by atoms with Gasteiger partial charge in [-0.05, 0) is 13.8 Å². The van der Waals surface area contributed by atoms with Crippen molar-refractivity contribution in [2.75, 3.05) is 26.2 Å². The van der Waals surface area contributed by atoms with E-state index in [1.54, 1.807) is 0 Å². The first-order chi connectivity index (χ1) is 5.85. The second-order valence-corrected chi connectivity index (χ2v) is 2.29. The highest BCUT2D eigenvalue weighted by Gasteiger charge is 1.97. The number of hydrogen-bond acceptors (Lipinski definition) is 2. The van der Waals surface area contributed by atoms with Crippen LogP contribution in [-0.4, -0.2) is 36.2 Å². The lowest BCUT2D eigenvalue weighted by Crippen LogP contribution is -2.27. The van der Waals surface area contributed by atoms with E-state index < -0.39 is 0 Å². The maximum atomic E-state index is 8.70. The molecule has 0 aromatic carbocycles. The first-order valence-electron chi connectivity index (χ1n) is 3.97. The molecule has 0 aliphatic rings. The average Bonchev–Trinajstić information content (AvgIpc) is 2.10. The molecule has 12 heavy (non-hydrogen) atoms. The molecule has 0 atom stereocenters. The largest absolute Gasteiger partial charge is 0.395 e. The van der Waals surface area contributed by atoms with Crippen molar-refractivity contribution >= 4 is 0 Å². The summed E-state index contributed by atoms with van der Waals surface area (Å²) in [5.74, 6) is 11.5. The Morgan fingerprint density at radius 2 is 1.58 bits per heavy atom. The van der Waals surface area contributed by atoms with Crippen LogP contribution in [0, 0.1) is 23.7 Å². The van der Waals surface area contributed by atoms with Crippen LogP contribution in [0.25, 0.3) is 0 Å². The minimum absolute atomic E-state index is 0.163. The highest BCUT2D eigenvalue weighted by molar-refractivity contribution is 5.02. The minimum Gasteiger partial charge on any atom is -0.395 e. The molecule has 0 radical (unpaired) electrons. The van der Waals surface area contributed by atoms with Gasteiger partial charge in [-0.15, -0.1) is 11.8 Å². The molecule has 0 unspecified atom stereocenters. The monoisotopic (exact) mass is 165 g/mol. The van der Waals surface area contributed by atoms with Gasteiger partial charge in [-0.1, -0.05) is 11.8 Å². The van der Waals surface area contributed by atoms with Crippen LogP contribution in [-0.2, 0) is 0 Å². The van der Waals surface area contributed by atoms with Gasteiger partial charge >= 0.3 is 0 Å². The van der Waals surface area contributed by atoms with Crippen molar-refractivity contribution < 1.29 is 5.11 Å². The molecule has 0 aromatic rings. The molecule has 0 rings (SSSR count). The Hall–Kier alpha value is -0.960. The lowest BCUT2D eigenvalue weighted by atomic mass is 10.4. The summed E-state index contributed by atoms with van der Waals surface area (Å²) in [4.78, 5) is 2.01. The van der Waals surface area contributed by atoms with E-state index in [1.807, 2.05) is 18.7 Å². The summed E-state index contributed by atoms with van der Waals surface area (Å²) in [5, 5.41) is 8.70. The van der Waals surface area contributed by atoms with Crippen molar-refractivity contribution in [1.29, 1.82) is 0 Å². The SMILES string of the molecule is CC#CCN(CC#CC)CCO. The zero-order valence-electron chi connectivity index (χ0n) is 7.72. The Morgan fingerprint density at radius 3 is 1.92 bits per heavy atom. The van der Waals surface area contributed by atoms with Gasteiger partial charge in [0.05, 0.1) is 19.7 Å². The van der Waals surface area contributed by atoms with Crippen LogP contribution in [0.1, 0.15) is 13.8 Å². The van der Waals surface area contributed by atoms with Gasteiger partial charge in [0.1, 0.15) is 0 Å². The summed E-state index contributed by atoms with van der Waals surface area (Å²) in [6, 6.07) is 0. The van der Waals surface area contributed by atoms with Crippen LogP contribution < -0.4 is 0 Å². The Labute approximate surface area is 74.6 Å². The first kappa shape index (κ1) is 11.0. The van der Waals surface area contributed by atoms with Gasteiger partial charge < -0.3 is 5.11 Å². The normalized spacial score (nSPS) is 8.33. The molecule has 0 saturated heterocycles. The van der Waals surface area contributed by atoms with Crippen molar-refractivity contribution in [1.82, 2.24) is 4.90 Å². The molecule has 2 nitrogen and oxygen atoms in total. The quantitative estimate of drug-likeness (QED) is 0.607. The van der Waals surface area contributed by atoms with E-state index in [-0.39, 0.29) is 6.61 Å². The topological polar surface area (TPSA) is 23.5 Å². The van der Waals surface area contributed by atoms with Gasteiger partial charge in [0.15, 0.2) is 0 Å². The standard InChI is InChI=1S/C10H15NO/c1-3-5-7-11(9-10-12)8-6-4-2/h12H,7-10H2,1-2H3. The van der Waals surface area contributed by atoms with Gasteiger partial charge in [0.2, 0.25) is 0 Å². The predicted molar refractivity (Wildman–Crippen MR) is 50.4 cm³/mol. The van der Waals surface area contributed by atoms with Crippen molar-refractivity contribution in [2.45, 2.75) is 13.8 Å². The Morgan fingerprint density at radius 1 is 1.08 bits per heavy atom. The molecule has 66 valence electrons. The Balaban J connectivity index is 3.79. The van der Waals surface area contributed by atoms with E-state index in [4.69, 9.17) is 5.11 Å². The van der Waals surface area contributed by atoms with Crippen molar-refractivity contribution in [2.24, 2.45) is 0 Å². The fourth-order valence-corrected chi connectivity index (χ4v) is 0.737. The van der Waals surface area contributed by atoms with Gasteiger partial charge in [-0.3, -0.25) is 4.90 Å². The molecule has 0 aromatic heterocycles. The smallest absolute Gasteiger partial charge is 0.0610 e. The predicted octanol–water partition coefficient (Wildman–Crippen LogP) is 0.327. The fraction of sp³-hybridized carbons (Fsp3) is 0.600. The molecule has 0 heterocycles. The van der Waals surface area contributed by atoms with E-state index in [9.17, 15) is 0 Å². The molecular formula is C10H15NO. The number of rotatable bonds is 4. The van der Waals surface area contributed by atoms with E-state index in [0.29, 0.717) is 19.6 Å². The zero-order valence-corrected chi connectivity index (χ0v) is 7.72. The van der Waals surface area contributed by atoms with Crippen LogP contribution in [0.2, 0.25) is 0 Å². The molecular weight excluding hydrogens is 150 g/mol. The molecule has 0 saturated carbocycles. The van der Waals surface area contributed by atoms with E-state index in [1.165, 1.54) is 0 Å². The van der Waals surface area contributed by atoms with Gasteiger partial charge in [-0.2, -0.15) is 0 Å². The Kier molecular flexibility index (Phi) is 7.49. The first-order valence-corrected chi connectivity index (χ1v) is 3.97. The maximum absolute atomic E-state index is 8.70. The number of aliphatic hydroxyl groups is 1. The van der Waals surface area contributed by atoms with Gasteiger partial charge in [0.25, 0.3) is 0 Å². The molecule has 0 aliphatic carbocycles. The lowest BCUT2D eigenvalue weighted by molar-refractivity contribution is 0.224. The van der Waals surface area contributed by atoms with Crippen LogP contribution >= 0.6 is 0 Å². The number of hydrogen-bond donors (Lipinski definition) is 1. The zero-order chi connectivity index (χ0) is 9.23. The number of nitrogens with zero attached hydrogens (tertiary/aromatic N) is 1. The highest BCUT2D eigenvalue weighted by atomic mass is 16.3. The van der Waals surface area contributed by atoms with Crippen molar-refractivity contribution in [3.63, 3.8) is 0 Å². The third-order valence-electron chi connectivity index (χ3n) is 1.38. The molecule has 1 N–H and O–H groups in total. The van der Waals surface area contributed by atoms with Crippen molar-refractivity contribution in [3.8, 4) is 23.7 Å². The molecule has 0 aliphatic heterocycles. The Bertz CT molecular complexity index is 191. The summed E-state index contributed by atoms with van der Waals surface area (Å²) < 4.78 is 0. The second-order valence-electron chi connectivity index (χ2n) is 2.29. The van der Waals surface area contributed by atoms with Crippen molar-refractivity contribution in [3.05, 3.63) is 0 Å². The highest BCUT2D eigenvalue weighted by Crippen LogP contribution is 1.84. The second kappa shape index (κ2) is 8.14. The third-order valence-corrected chi connectivity index (χ3v) is 1.38. The summed E-state index contributed by atoms with van der Waals surface area (Å²) in [6.45, 7) is 5.79. The third kappa shape index (κ3) is 5.80. The van der Waals surface area contributed by atoms with Crippen LogP contribution in [0.3, 0.4) is 0 Å². The summed E-state index contributed by atoms with van der Waals surface area (Å²) in [7, 11) is 0. The number of aliphatic hydroxyl groups excluding tert-OH is 1. The van der Waals surface area contributed by atoms with Crippen LogP contribution in [0.4, 0.5) is 0 Å². The minimum atomic E-state index is 0.163. The molecule has 0 bridgehead atoms. The molecule has 2 heteroatoms. The summed E-state index contributed by atoms with van der Waals surface area (Å²) in [5.41, 5.74) is 0. The summed E-state index contributed by atoms with van der Waals surface area (Å²) >= 11 is 0. The maximum Gasteiger partial charge on any atom is 0.0610 e. The summed E-state index contributed by atoms with van der Waals surface area (Å²) in [6.07, 6.45) is 0. The van der Waals surface area contributed by atoms with E-state index in [0.717, 1.165) is 0 Å².